The zero-order chi connectivity index (χ0) is 27.0. The number of piperazine rings is 1. The lowest BCUT2D eigenvalue weighted by Crippen LogP contribution is -2.49. The van der Waals surface area contributed by atoms with E-state index in [1.807, 2.05) is 35.2 Å². The molecule has 0 unspecified atom stereocenters. The Kier molecular flexibility index (Phi) is 7.02. The van der Waals surface area contributed by atoms with Crippen molar-refractivity contribution in [2.75, 3.05) is 37.7 Å². The Balaban J connectivity index is 1.26. The van der Waals surface area contributed by atoms with E-state index in [1.54, 1.807) is 18.7 Å². The lowest BCUT2D eigenvalue weighted by atomic mass is 9.98. The van der Waals surface area contributed by atoms with E-state index in [0.717, 1.165) is 11.1 Å². The fraction of sp³-hybridized carbons (Fsp3) is 0.321. The number of nitrogens with two attached hydrogens (primary N) is 1. The molecule has 0 atom stereocenters. The van der Waals surface area contributed by atoms with Crippen LogP contribution in [-0.4, -0.2) is 52.2 Å². The first-order valence-electron chi connectivity index (χ1n) is 12.5. The number of nitrogens with zero attached hydrogens (tertiary/aromatic N) is 2. The summed E-state index contributed by atoms with van der Waals surface area (Å²) in [5, 5.41) is 0. The van der Waals surface area contributed by atoms with Gasteiger partial charge < -0.3 is 24.5 Å². The van der Waals surface area contributed by atoms with Gasteiger partial charge in [0.1, 0.15) is 6.61 Å². The quantitative estimate of drug-likeness (QED) is 0.463. The molecule has 0 saturated carbocycles. The molecular formula is C28H30FN3O5S. The Morgan fingerprint density at radius 3 is 2.11 bits per heavy atom. The number of carbonyl (C=O) groups excluding carboxylic acids is 1. The summed E-state index contributed by atoms with van der Waals surface area (Å²) in [6.07, 6.45) is -0.373. The van der Waals surface area contributed by atoms with Gasteiger partial charge in [0.2, 0.25) is 0 Å². The second kappa shape index (κ2) is 10.3. The molecule has 1 heterocycles. The van der Waals surface area contributed by atoms with Crippen LogP contribution in [0.2, 0.25) is 0 Å². The molecule has 3 aromatic rings. The van der Waals surface area contributed by atoms with Crippen LogP contribution in [0.4, 0.5) is 14.4 Å². The summed E-state index contributed by atoms with van der Waals surface area (Å²) in [6.45, 7) is 5.53. The van der Waals surface area contributed by atoms with Crippen LogP contribution < -0.4 is 14.8 Å². The van der Waals surface area contributed by atoms with Gasteiger partial charge in [-0.3, -0.25) is 0 Å². The monoisotopic (exact) mass is 539 g/mol. The van der Waals surface area contributed by atoms with Crippen LogP contribution in [0, 0.1) is 13.8 Å². The summed E-state index contributed by atoms with van der Waals surface area (Å²) in [5.41, 5.74) is 12.8. The maximum Gasteiger partial charge on any atom is 0.488 e. The van der Waals surface area contributed by atoms with Gasteiger partial charge >= 0.3 is 16.6 Å². The zero-order valence-electron chi connectivity index (χ0n) is 21.3. The van der Waals surface area contributed by atoms with Crippen LogP contribution in [0.15, 0.2) is 54.6 Å². The summed E-state index contributed by atoms with van der Waals surface area (Å²) >= 11 is 0. The Hall–Kier alpha value is -3.63. The molecule has 200 valence electrons. The van der Waals surface area contributed by atoms with E-state index in [2.05, 4.69) is 28.4 Å². The summed E-state index contributed by atoms with van der Waals surface area (Å²) in [4.78, 5) is 16.7. The molecule has 1 saturated heterocycles. The van der Waals surface area contributed by atoms with Crippen molar-refractivity contribution in [1.29, 1.82) is 0 Å². The molecule has 1 aliphatic heterocycles. The number of fused-ring (bicyclic) bond motifs is 3. The summed E-state index contributed by atoms with van der Waals surface area (Å²) in [7, 11) is -5.19. The lowest BCUT2D eigenvalue weighted by molar-refractivity contribution is 0.0976. The van der Waals surface area contributed by atoms with Crippen molar-refractivity contribution in [3.8, 4) is 16.9 Å². The molecule has 38 heavy (non-hydrogen) atoms. The first-order chi connectivity index (χ1) is 18.2. The van der Waals surface area contributed by atoms with E-state index in [4.69, 9.17) is 10.5 Å². The maximum atomic E-state index is 13.4. The summed E-state index contributed by atoms with van der Waals surface area (Å²) in [6, 6.07) is 18.3. The highest BCUT2D eigenvalue weighted by Crippen LogP contribution is 2.44. The van der Waals surface area contributed by atoms with Gasteiger partial charge in [-0.15, -0.1) is 0 Å². The molecule has 10 heteroatoms. The maximum absolute atomic E-state index is 13.4. The molecule has 0 bridgehead atoms. The second-order valence-electron chi connectivity index (χ2n) is 9.59. The van der Waals surface area contributed by atoms with Crippen molar-refractivity contribution in [3.05, 3.63) is 82.4 Å². The van der Waals surface area contributed by atoms with Crippen molar-refractivity contribution in [2.24, 2.45) is 5.73 Å². The molecule has 0 radical (unpaired) electrons. The van der Waals surface area contributed by atoms with E-state index >= 15 is 0 Å². The first-order valence-corrected chi connectivity index (χ1v) is 13.8. The average Bonchev–Trinajstić information content (AvgIpc) is 3.23. The Morgan fingerprint density at radius 2 is 1.55 bits per heavy atom. The average molecular weight is 540 g/mol. The van der Waals surface area contributed by atoms with Crippen LogP contribution in [0.5, 0.6) is 5.75 Å². The van der Waals surface area contributed by atoms with E-state index in [9.17, 15) is 17.1 Å². The van der Waals surface area contributed by atoms with Crippen molar-refractivity contribution < 1.29 is 26.0 Å². The highest BCUT2D eigenvalue weighted by molar-refractivity contribution is 7.81. The fourth-order valence-corrected chi connectivity index (χ4v) is 5.95. The zero-order valence-corrected chi connectivity index (χ0v) is 22.1. The van der Waals surface area contributed by atoms with Gasteiger partial charge in [-0.2, -0.15) is 8.42 Å². The van der Waals surface area contributed by atoms with Crippen LogP contribution in [-0.2, 0) is 21.8 Å². The smallest absolute Gasteiger partial charge is 0.448 e. The molecule has 1 fully saturated rings. The number of anilines is 1. The number of benzene rings is 3. The van der Waals surface area contributed by atoms with Gasteiger partial charge in [0.25, 0.3) is 0 Å². The predicted molar refractivity (Wildman–Crippen MR) is 143 cm³/mol. The molecule has 5 rings (SSSR count). The third-order valence-electron chi connectivity index (χ3n) is 7.48. The van der Waals surface area contributed by atoms with Crippen molar-refractivity contribution in [3.63, 3.8) is 0 Å². The van der Waals surface area contributed by atoms with Crippen LogP contribution in [0.3, 0.4) is 0 Å². The molecule has 2 N–H and O–H groups in total. The van der Waals surface area contributed by atoms with Crippen LogP contribution in [0.25, 0.3) is 11.1 Å². The predicted octanol–water partition coefficient (Wildman–Crippen LogP) is 4.43. The number of amides is 1. The number of halogens is 1. The van der Waals surface area contributed by atoms with Crippen LogP contribution in [0.1, 0.15) is 33.7 Å². The van der Waals surface area contributed by atoms with E-state index in [1.165, 1.54) is 11.1 Å². The lowest BCUT2D eigenvalue weighted by Gasteiger charge is -2.37. The van der Waals surface area contributed by atoms with E-state index in [-0.39, 0.29) is 30.9 Å². The number of hydrogen-bond donors (Lipinski definition) is 1. The molecule has 1 aliphatic carbocycles. The number of ether oxygens (including phenoxy) is 1. The Bertz CT molecular complexity index is 1440. The molecule has 0 spiro atoms. The minimum absolute atomic E-state index is 0.0114. The Labute approximate surface area is 222 Å². The number of hydrogen-bond acceptors (Lipinski definition) is 7. The number of rotatable bonds is 6. The largest absolute Gasteiger partial charge is 0.488 e. The first kappa shape index (κ1) is 26.0. The van der Waals surface area contributed by atoms with Gasteiger partial charge in [-0.05, 0) is 53.3 Å². The number of carbonyl (C=O) groups is 1. The van der Waals surface area contributed by atoms with Gasteiger partial charge in [0.05, 0.1) is 0 Å². The molecule has 3 aromatic carbocycles. The summed E-state index contributed by atoms with van der Waals surface area (Å²) in [5.74, 6) is -0.0628. The van der Waals surface area contributed by atoms with E-state index in [0.29, 0.717) is 48.6 Å². The van der Waals surface area contributed by atoms with Gasteiger partial charge in [0.15, 0.2) is 5.75 Å². The van der Waals surface area contributed by atoms with Gasteiger partial charge in [0, 0.05) is 49.9 Å². The van der Waals surface area contributed by atoms with Gasteiger partial charge in [-0.25, -0.2) is 4.79 Å². The molecule has 8 nitrogen and oxygen atoms in total. The standard InChI is InChI=1S/C28H30FN3O5S/c1-18-20(16-30)15-26(19(2)27(18)37-38(29,34)35)31-11-13-32(14-12-31)28(33)36-17-25-23-9-5-3-7-21(23)22-8-4-6-10-24(22)25/h3-10,15,25H,11-14,16-17,30H2,1-2H3. The molecule has 0 aromatic heterocycles. The third-order valence-corrected chi connectivity index (χ3v) is 7.84. The van der Waals surface area contributed by atoms with Crippen LogP contribution >= 0.6 is 0 Å². The minimum Gasteiger partial charge on any atom is -0.448 e. The summed E-state index contributed by atoms with van der Waals surface area (Å²) < 4.78 is 46.3. The molecular weight excluding hydrogens is 509 g/mol. The Morgan fingerprint density at radius 1 is 0.974 bits per heavy atom. The topological polar surface area (TPSA) is 102 Å². The normalized spacial score (nSPS) is 15.3. The molecule has 2 aliphatic rings. The highest BCUT2D eigenvalue weighted by Gasteiger charge is 2.31. The van der Waals surface area contributed by atoms with Gasteiger partial charge in [-0.1, -0.05) is 52.4 Å². The minimum atomic E-state index is -5.19. The van der Waals surface area contributed by atoms with Crippen molar-refractivity contribution in [1.82, 2.24) is 4.90 Å². The second-order valence-corrected chi connectivity index (χ2v) is 10.5. The SMILES string of the molecule is Cc1c(CN)cc(N2CCN(C(=O)OCC3c4ccccc4-c4ccccc43)CC2)c(C)c1OS(=O)(=O)F. The van der Waals surface area contributed by atoms with Crippen molar-refractivity contribution in [2.45, 2.75) is 26.3 Å². The fourth-order valence-electron chi connectivity index (χ4n) is 5.51. The third kappa shape index (κ3) is 4.93. The van der Waals surface area contributed by atoms with E-state index < -0.39 is 10.5 Å². The van der Waals surface area contributed by atoms with Crippen molar-refractivity contribution >= 4 is 22.3 Å². The highest BCUT2D eigenvalue weighted by atomic mass is 32.3. The molecule has 1 amide bonds.